The van der Waals surface area contributed by atoms with Gasteiger partial charge in [-0.25, -0.2) is 0 Å². The van der Waals surface area contributed by atoms with Gasteiger partial charge in [-0.1, -0.05) is 55.3 Å². The first-order valence-corrected chi connectivity index (χ1v) is 7.89. The number of thiazole rings is 1. The van der Waals surface area contributed by atoms with Gasteiger partial charge < -0.3 is 4.57 Å². The number of hydrogen-bond donors (Lipinski definition) is 0. The minimum atomic E-state index is -0.497. The van der Waals surface area contributed by atoms with E-state index in [1.807, 2.05) is 38.3 Å². The number of benzene rings is 1. The maximum absolute atomic E-state index is 12.1. The molecule has 1 heterocycles. The Hall–Kier alpha value is -0.840. The highest BCUT2D eigenvalue weighted by Crippen LogP contribution is 2.29. The Bertz CT molecular complexity index is 738. The molecule has 0 bridgehead atoms. The molecular formula is C14H16Cl2N2OS. The van der Waals surface area contributed by atoms with Gasteiger partial charge in [0.15, 0.2) is 4.80 Å². The normalized spacial score (nSPS) is 13.2. The summed E-state index contributed by atoms with van der Waals surface area (Å²) in [4.78, 5) is 17.0. The van der Waals surface area contributed by atoms with Gasteiger partial charge in [-0.15, -0.1) is 0 Å². The number of aromatic nitrogens is 1. The van der Waals surface area contributed by atoms with E-state index in [1.165, 1.54) is 11.3 Å². The summed E-state index contributed by atoms with van der Waals surface area (Å²) < 4.78 is 2.88. The van der Waals surface area contributed by atoms with Crippen molar-refractivity contribution in [3.63, 3.8) is 0 Å². The summed E-state index contributed by atoms with van der Waals surface area (Å²) in [5.74, 6) is -0.145. The van der Waals surface area contributed by atoms with E-state index in [0.29, 0.717) is 21.4 Å². The van der Waals surface area contributed by atoms with Crippen molar-refractivity contribution in [2.75, 3.05) is 0 Å². The van der Waals surface area contributed by atoms with Crippen molar-refractivity contribution < 1.29 is 4.79 Å². The summed E-state index contributed by atoms with van der Waals surface area (Å²) >= 11 is 13.7. The second kappa shape index (κ2) is 5.51. The maximum atomic E-state index is 12.1. The van der Waals surface area contributed by atoms with Crippen LogP contribution in [0.5, 0.6) is 0 Å². The molecule has 0 saturated heterocycles. The van der Waals surface area contributed by atoms with Gasteiger partial charge in [0.1, 0.15) is 0 Å². The number of carbonyl (C=O) groups excluding carboxylic acids is 1. The van der Waals surface area contributed by atoms with Gasteiger partial charge in [-0.05, 0) is 19.1 Å². The molecule has 2 aromatic rings. The zero-order valence-electron chi connectivity index (χ0n) is 11.8. The molecule has 0 spiro atoms. The standard InChI is InChI=1S/C14H16Cl2N2OS/c1-5-18-11-9(16)6-8(15)7-10(11)20-13(18)17-12(19)14(2,3)4/h6-7H,5H2,1-4H3. The lowest BCUT2D eigenvalue weighted by molar-refractivity contribution is -0.125. The van der Waals surface area contributed by atoms with E-state index in [9.17, 15) is 4.79 Å². The molecule has 0 aliphatic carbocycles. The van der Waals surface area contributed by atoms with Crippen molar-refractivity contribution in [3.8, 4) is 0 Å². The Balaban J connectivity index is 2.75. The van der Waals surface area contributed by atoms with Crippen LogP contribution in [0, 0.1) is 5.41 Å². The van der Waals surface area contributed by atoms with E-state index < -0.39 is 5.41 Å². The minimum absolute atomic E-state index is 0.145. The molecular weight excluding hydrogens is 315 g/mol. The van der Waals surface area contributed by atoms with Gasteiger partial charge in [0.2, 0.25) is 0 Å². The summed E-state index contributed by atoms with van der Waals surface area (Å²) in [6.07, 6.45) is 0. The average molecular weight is 331 g/mol. The van der Waals surface area contributed by atoms with Crippen LogP contribution >= 0.6 is 34.5 Å². The second-order valence-corrected chi connectivity index (χ2v) is 7.38. The Kier molecular flexibility index (Phi) is 4.28. The zero-order chi connectivity index (χ0) is 15.1. The quantitative estimate of drug-likeness (QED) is 0.757. The van der Waals surface area contributed by atoms with Crippen LogP contribution in [0.25, 0.3) is 10.2 Å². The van der Waals surface area contributed by atoms with Gasteiger partial charge in [-0.2, -0.15) is 4.99 Å². The van der Waals surface area contributed by atoms with Crippen LogP contribution < -0.4 is 4.80 Å². The summed E-state index contributed by atoms with van der Waals surface area (Å²) in [7, 11) is 0. The minimum Gasteiger partial charge on any atom is -0.315 e. The molecule has 1 aromatic heterocycles. The summed E-state index contributed by atoms with van der Waals surface area (Å²) in [6.45, 7) is 8.25. The molecule has 108 valence electrons. The highest BCUT2D eigenvalue weighted by Gasteiger charge is 2.21. The average Bonchev–Trinajstić information content (AvgIpc) is 2.65. The van der Waals surface area contributed by atoms with Crippen molar-refractivity contribution in [3.05, 3.63) is 27.0 Å². The van der Waals surface area contributed by atoms with Crippen LogP contribution in [0.4, 0.5) is 0 Å². The third-order valence-corrected chi connectivity index (χ3v) is 4.38. The first-order valence-electron chi connectivity index (χ1n) is 6.31. The topological polar surface area (TPSA) is 34.4 Å². The highest BCUT2D eigenvalue weighted by atomic mass is 35.5. The van der Waals surface area contributed by atoms with Crippen LogP contribution in [0.3, 0.4) is 0 Å². The zero-order valence-corrected chi connectivity index (χ0v) is 14.2. The lowest BCUT2D eigenvalue weighted by atomic mass is 9.96. The van der Waals surface area contributed by atoms with E-state index in [0.717, 1.165) is 10.2 Å². The predicted octanol–water partition coefficient (Wildman–Crippen LogP) is 4.50. The summed E-state index contributed by atoms with van der Waals surface area (Å²) in [5, 5.41) is 1.16. The number of nitrogens with zero attached hydrogens (tertiary/aromatic N) is 2. The Morgan fingerprint density at radius 1 is 1.35 bits per heavy atom. The van der Waals surface area contributed by atoms with Crippen molar-refractivity contribution >= 4 is 50.7 Å². The van der Waals surface area contributed by atoms with E-state index >= 15 is 0 Å². The molecule has 0 aliphatic heterocycles. The van der Waals surface area contributed by atoms with Gasteiger partial charge in [0, 0.05) is 17.0 Å². The van der Waals surface area contributed by atoms with Crippen molar-refractivity contribution in [2.24, 2.45) is 10.4 Å². The number of carbonyl (C=O) groups is 1. The molecule has 0 aliphatic rings. The maximum Gasteiger partial charge on any atom is 0.253 e. The first kappa shape index (κ1) is 15.5. The molecule has 0 N–H and O–H groups in total. The van der Waals surface area contributed by atoms with E-state index in [-0.39, 0.29) is 5.91 Å². The van der Waals surface area contributed by atoms with Crippen molar-refractivity contribution in [1.29, 1.82) is 0 Å². The molecule has 1 aromatic carbocycles. The van der Waals surface area contributed by atoms with Crippen LogP contribution in [0.1, 0.15) is 27.7 Å². The van der Waals surface area contributed by atoms with Crippen LogP contribution in [0.15, 0.2) is 17.1 Å². The molecule has 0 saturated carbocycles. The van der Waals surface area contributed by atoms with Crippen LogP contribution in [-0.4, -0.2) is 10.5 Å². The van der Waals surface area contributed by atoms with E-state index in [4.69, 9.17) is 23.2 Å². The summed E-state index contributed by atoms with van der Waals surface area (Å²) in [5.41, 5.74) is 0.382. The van der Waals surface area contributed by atoms with E-state index in [2.05, 4.69) is 4.99 Å². The molecule has 2 rings (SSSR count). The van der Waals surface area contributed by atoms with E-state index in [1.54, 1.807) is 6.07 Å². The van der Waals surface area contributed by atoms with Crippen molar-refractivity contribution in [2.45, 2.75) is 34.2 Å². The van der Waals surface area contributed by atoms with Crippen molar-refractivity contribution in [1.82, 2.24) is 4.57 Å². The lowest BCUT2D eigenvalue weighted by Crippen LogP contribution is -2.23. The third-order valence-electron chi connectivity index (χ3n) is 2.85. The first-order chi connectivity index (χ1) is 9.24. The number of amides is 1. The Morgan fingerprint density at radius 2 is 2.00 bits per heavy atom. The van der Waals surface area contributed by atoms with Crippen LogP contribution in [0.2, 0.25) is 10.0 Å². The van der Waals surface area contributed by atoms with Gasteiger partial charge in [-0.3, -0.25) is 4.79 Å². The fourth-order valence-electron chi connectivity index (χ4n) is 1.76. The molecule has 0 radical (unpaired) electrons. The predicted molar refractivity (Wildman–Crippen MR) is 85.5 cm³/mol. The molecule has 0 fully saturated rings. The molecule has 6 heteroatoms. The molecule has 3 nitrogen and oxygen atoms in total. The summed E-state index contributed by atoms with van der Waals surface area (Å²) in [6, 6.07) is 3.56. The number of aryl methyl sites for hydroxylation is 1. The Labute approximate surface area is 131 Å². The SMILES string of the molecule is CCn1c(=NC(=O)C(C)(C)C)sc2cc(Cl)cc(Cl)c21. The smallest absolute Gasteiger partial charge is 0.253 e. The molecule has 0 atom stereocenters. The number of fused-ring (bicyclic) bond motifs is 1. The largest absolute Gasteiger partial charge is 0.315 e. The highest BCUT2D eigenvalue weighted by molar-refractivity contribution is 7.16. The van der Waals surface area contributed by atoms with Crippen LogP contribution in [-0.2, 0) is 11.3 Å². The number of hydrogen-bond acceptors (Lipinski definition) is 2. The van der Waals surface area contributed by atoms with Gasteiger partial charge in [0.25, 0.3) is 5.91 Å². The lowest BCUT2D eigenvalue weighted by Gasteiger charge is -2.11. The van der Waals surface area contributed by atoms with Gasteiger partial charge >= 0.3 is 0 Å². The number of halogens is 2. The number of rotatable bonds is 1. The molecule has 1 amide bonds. The van der Waals surface area contributed by atoms with Gasteiger partial charge in [0.05, 0.1) is 15.2 Å². The monoisotopic (exact) mass is 330 g/mol. The Morgan fingerprint density at radius 3 is 2.55 bits per heavy atom. The second-order valence-electron chi connectivity index (χ2n) is 5.53. The molecule has 20 heavy (non-hydrogen) atoms. The fourth-order valence-corrected chi connectivity index (χ4v) is 3.64. The fraction of sp³-hybridized carbons (Fsp3) is 0.429. The third kappa shape index (κ3) is 2.92. The molecule has 0 unspecified atom stereocenters.